The van der Waals surface area contributed by atoms with E-state index in [2.05, 4.69) is 12.1 Å². The maximum Gasteiger partial charge on any atom is 0.151 e. The highest BCUT2D eigenvalue weighted by Gasteiger charge is 2.12. The third-order valence-corrected chi connectivity index (χ3v) is 4.39. The van der Waals surface area contributed by atoms with Gasteiger partial charge in [-0.1, -0.05) is 60.1 Å². The molecule has 0 radical (unpaired) electrons. The van der Waals surface area contributed by atoms with Crippen LogP contribution in [-0.2, 0) is 0 Å². The quantitative estimate of drug-likeness (QED) is 0.329. The van der Waals surface area contributed by atoms with Crippen LogP contribution in [0.5, 0.6) is 0 Å². The Morgan fingerprint density at radius 3 is 1.95 bits per heavy atom. The van der Waals surface area contributed by atoms with Gasteiger partial charge in [-0.05, 0) is 33.7 Å². The number of hydrogen-bond donors (Lipinski definition) is 0. The number of fused-ring (bicyclic) bond motifs is 3. The van der Waals surface area contributed by atoms with Gasteiger partial charge in [0.05, 0.1) is 5.02 Å². The van der Waals surface area contributed by atoms with Crippen molar-refractivity contribution in [2.24, 2.45) is 0 Å². The van der Waals surface area contributed by atoms with Crippen molar-refractivity contribution < 1.29 is 4.79 Å². The molecule has 0 fully saturated rings. The van der Waals surface area contributed by atoms with Crippen LogP contribution in [0.4, 0.5) is 0 Å². The van der Waals surface area contributed by atoms with Gasteiger partial charge in [-0.2, -0.15) is 0 Å². The topological polar surface area (TPSA) is 17.1 Å². The summed E-state index contributed by atoms with van der Waals surface area (Å²) >= 11 is 6.59. The first kappa shape index (κ1) is 12.4. The summed E-state index contributed by atoms with van der Waals surface area (Å²) in [5.41, 5.74) is 0.704. The average Bonchev–Trinajstić information content (AvgIpc) is 2.54. The molecule has 4 aromatic rings. The third kappa shape index (κ3) is 1.75. The van der Waals surface area contributed by atoms with E-state index < -0.39 is 0 Å². The summed E-state index contributed by atoms with van der Waals surface area (Å²) in [6.45, 7) is 0. The molecule has 0 aromatic heterocycles. The maximum absolute atomic E-state index is 11.6. The number of benzene rings is 4. The van der Waals surface area contributed by atoms with Crippen LogP contribution in [0.25, 0.3) is 32.3 Å². The summed E-state index contributed by atoms with van der Waals surface area (Å²) in [7, 11) is 0. The van der Waals surface area contributed by atoms with Crippen LogP contribution < -0.4 is 0 Å². The molecule has 21 heavy (non-hydrogen) atoms. The second kappa shape index (κ2) is 4.57. The van der Waals surface area contributed by atoms with Gasteiger partial charge in [0.2, 0.25) is 0 Å². The molecule has 0 aliphatic carbocycles. The fourth-order valence-corrected chi connectivity index (χ4v) is 3.29. The molecule has 0 unspecified atom stereocenters. The van der Waals surface area contributed by atoms with Crippen LogP contribution in [0, 0.1) is 0 Å². The Balaban J connectivity index is 2.33. The zero-order chi connectivity index (χ0) is 14.4. The molecule has 0 bridgehead atoms. The van der Waals surface area contributed by atoms with Crippen molar-refractivity contribution in [2.45, 2.75) is 0 Å². The van der Waals surface area contributed by atoms with Crippen molar-refractivity contribution in [2.75, 3.05) is 0 Å². The molecule has 0 amide bonds. The van der Waals surface area contributed by atoms with Gasteiger partial charge >= 0.3 is 0 Å². The van der Waals surface area contributed by atoms with Crippen LogP contribution in [0.2, 0.25) is 5.02 Å². The smallest absolute Gasteiger partial charge is 0.151 e. The average molecular weight is 291 g/mol. The van der Waals surface area contributed by atoms with E-state index in [0.717, 1.165) is 38.6 Å². The predicted octanol–water partition coefficient (Wildman–Crippen LogP) is 5.61. The molecule has 0 spiro atoms. The number of rotatable bonds is 1. The molecule has 0 heterocycles. The predicted molar refractivity (Wildman–Crippen MR) is 89.4 cm³/mol. The normalized spacial score (nSPS) is 11.3. The molecule has 0 saturated carbocycles. The lowest BCUT2D eigenvalue weighted by Crippen LogP contribution is -1.89. The highest BCUT2D eigenvalue weighted by Crippen LogP contribution is 2.37. The van der Waals surface area contributed by atoms with Gasteiger partial charge in [-0.15, -0.1) is 0 Å². The Kier molecular flexibility index (Phi) is 2.69. The molecule has 100 valence electrons. The van der Waals surface area contributed by atoms with Gasteiger partial charge in [0.25, 0.3) is 0 Å². The number of carbonyl (C=O) groups excluding carboxylic acids is 1. The van der Waals surface area contributed by atoms with E-state index in [4.69, 9.17) is 11.6 Å². The van der Waals surface area contributed by atoms with Crippen LogP contribution in [0.1, 0.15) is 10.4 Å². The summed E-state index contributed by atoms with van der Waals surface area (Å²) in [6.07, 6.45) is 0.926. The van der Waals surface area contributed by atoms with Crippen LogP contribution >= 0.6 is 11.6 Å². The Morgan fingerprint density at radius 1 is 0.714 bits per heavy atom. The van der Waals surface area contributed by atoms with E-state index in [0.29, 0.717) is 10.6 Å². The molecular formula is C19H11ClO. The van der Waals surface area contributed by atoms with Gasteiger partial charge in [0.1, 0.15) is 0 Å². The molecule has 2 heteroatoms. The third-order valence-electron chi connectivity index (χ3n) is 3.98. The highest BCUT2D eigenvalue weighted by molar-refractivity contribution is 6.42. The second-order valence-electron chi connectivity index (χ2n) is 5.14. The van der Waals surface area contributed by atoms with E-state index in [9.17, 15) is 4.79 Å². The van der Waals surface area contributed by atoms with Crippen molar-refractivity contribution >= 4 is 50.2 Å². The zero-order valence-corrected chi connectivity index (χ0v) is 11.9. The van der Waals surface area contributed by atoms with E-state index >= 15 is 0 Å². The lowest BCUT2D eigenvalue weighted by molar-refractivity contribution is 0.112. The first-order valence-electron chi connectivity index (χ1n) is 6.77. The largest absolute Gasteiger partial charge is 0.298 e. The summed E-state index contributed by atoms with van der Waals surface area (Å²) in [5, 5.41) is 6.60. The summed E-state index contributed by atoms with van der Waals surface area (Å²) in [6, 6.07) is 20.0. The minimum absolute atomic E-state index is 0.704. The minimum atomic E-state index is 0.704. The van der Waals surface area contributed by atoms with Gasteiger partial charge in [-0.3, -0.25) is 4.79 Å². The Hall–Kier alpha value is -2.38. The van der Waals surface area contributed by atoms with Crippen LogP contribution in [-0.4, -0.2) is 6.29 Å². The lowest BCUT2D eigenvalue weighted by Gasteiger charge is -2.11. The summed E-state index contributed by atoms with van der Waals surface area (Å²) in [5.74, 6) is 0. The van der Waals surface area contributed by atoms with E-state index in [1.807, 2.05) is 48.5 Å². The highest BCUT2D eigenvalue weighted by atomic mass is 35.5. The zero-order valence-electron chi connectivity index (χ0n) is 11.1. The van der Waals surface area contributed by atoms with E-state index in [1.165, 1.54) is 0 Å². The standard InChI is InChI=1S/C19H11ClO/c20-19-15-8-4-3-7-14(15)18(11-21)16-9-12-5-1-2-6-13(12)10-17(16)19/h1-11H. The first-order chi connectivity index (χ1) is 10.3. The molecule has 0 atom stereocenters. The van der Waals surface area contributed by atoms with Crippen molar-refractivity contribution in [3.05, 3.63) is 71.2 Å². The van der Waals surface area contributed by atoms with Crippen LogP contribution in [0.3, 0.4) is 0 Å². The van der Waals surface area contributed by atoms with Crippen molar-refractivity contribution in [1.29, 1.82) is 0 Å². The molecule has 0 aliphatic rings. The first-order valence-corrected chi connectivity index (χ1v) is 7.15. The Labute approximate surface area is 126 Å². The number of aldehydes is 1. The summed E-state index contributed by atoms with van der Waals surface area (Å²) in [4.78, 5) is 11.6. The number of carbonyl (C=O) groups is 1. The lowest BCUT2D eigenvalue weighted by atomic mass is 9.95. The SMILES string of the molecule is O=Cc1c2ccccc2c(Cl)c2cc3ccccc3cc12. The molecular weight excluding hydrogens is 280 g/mol. The van der Waals surface area contributed by atoms with Crippen molar-refractivity contribution in [3.63, 3.8) is 0 Å². The molecule has 4 aromatic carbocycles. The number of hydrogen-bond acceptors (Lipinski definition) is 1. The van der Waals surface area contributed by atoms with Gasteiger partial charge in [0.15, 0.2) is 6.29 Å². The maximum atomic E-state index is 11.6. The Bertz CT molecular complexity index is 1020. The van der Waals surface area contributed by atoms with E-state index in [-0.39, 0.29) is 0 Å². The molecule has 0 saturated heterocycles. The molecule has 4 rings (SSSR count). The van der Waals surface area contributed by atoms with Gasteiger partial charge < -0.3 is 0 Å². The second-order valence-corrected chi connectivity index (χ2v) is 5.51. The monoisotopic (exact) mass is 290 g/mol. The summed E-state index contributed by atoms with van der Waals surface area (Å²) < 4.78 is 0. The number of halogens is 1. The van der Waals surface area contributed by atoms with Gasteiger partial charge in [0, 0.05) is 16.3 Å². The van der Waals surface area contributed by atoms with Crippen molar-refractivity contribution in [3.8, 4) is 0 Å². The van der Waals surface area contributed by atoms with Crippen molar-refractivity contribution in [1.82, 2.24) is 0 Å². The minimum Gasteiger partial charge on any atom is -0.298 e. The molecule has 1 nitrogen and oxygen atoms in total. The fourth-order valence-electron chi connectivity index (χ4n) is 2.97. The van der Waals surface area contributed by atoms with Gasteiger partial charge in [-0.25, -0.2) is 0 Å². The molecule has 0 aliphatic heterocycles. The fraction of sp³-hybridized carbons (Fsp3) is 0. The van der Waals surface area contributed by atoms with E-state index in [1.54, 1.807) is 0 Å². The Morgan fingerprint density at radius 2 is 1.29 bits per heavy atom. The molecule has 0 N–H and O–H groups in total. The van der Waals surface area contributed by atoms with Crippen LogP contribution in [0.15, 0.2) is 60.7 Å².